The Balaban J connectivity index is 2.35. The highest BCUT2D eigenvalue weighted by molar-refractivity contribution is 7.98. The first-order valence-electron chi connectivity index (χ1n) is 6.46. The number of aryl methyl sites for hydroxylation is 1. The number of rotatable bonds is 1. The number of fused-ring (bicyclic) bond motifs is 3. The first-order chi connectivity index (χ1) is 9.76. The molecule has 0 saturated carbocycles. The molecule has 2 aromatic rings. The maximum atomic E-state index is 9.36. The summed E-state index contributed by atoms with van der Waals surface area (Å²) in [5.74, 6) is 0.870. The first kappa shape index (κ1) is 13.0. The molecule has 0 atom stereocenters. The van der Waals surface area contributed by atoms with Crippen LogP contribution < -0.4 is 4.74 Å². The highest BCUT2D eigenvalue weighted by atomic mass is 32.2. The molecule has 0 aliphatic carbocycles. The Kier molecular flexibility index (Phi) is 3.37. The molecule has 0 spiro atoms. The average Bonchev–Trinajstić information content (AvgIpc) is 2.65. The van der Waals surface area contributed by atoms with Crippen LogP contribution in [0.3, 0.4) is 0 Å². The maximum Gasteiger partial charge on any atom is 0.128 e. The molecule has 0 radical (unpaired) electrons. The van der Waals surface area contributed by atoms with Crippen LogP contribution in [0.1, 0.15) is 16.8 Å². The fraction of sp³-hybridized carbons (Fsp3) is 0.250. The van der Waals surface area contributed by atoms with Gasteiger partial charge in [0.15, 0.2) is 0 Å². The van der Waals surface area contributed by atoms with Crippen molar-refractivity contribution in [2.24, 2.45) is 0 Å². The van der Waals surface area contributed by atoms with Crippen molar-refractivity contribution in [1.82, 2.24) is 4.98 Å². The molecule has 1 aliphatic heterocycles. The van der Waals surface area contributed by atoms with Gasteiger partial charge in [0.25, 0.3) is 0 Å². The van der Waals surface area contributed by atoms with Gasteiger partial charge in [-0.05, 0) is 30.9 Å². The highest BCUT2D eigenvalue weighted by Gasteiger charge is 2.22. The molecule has 1 aliphatic rings. The van der Waals surface area contributed by atoms with Gasteiger partial charge in [0.1, 0.15) is 11.8 Å². The molecule has 0 fully saturated rings. The molecule has 0 amide bonds. The van der Waals surface area contributed by atoms with Crippen LogP contribution in [-0.2, 0) is 6.42 Å². The van der Waals surface area contributed by atoms with E-state index in [0.717, 1.165) is 39.6 Å². The van der Waals surface area contributed by atoms with E-state index >= 15 is 0 Å². The average molecular weight is 282 g/mol. The molecule has 4 heteroatoms. The van der Waals surface area contributed by atoms with Crippen LogP contribution in [0.25, 0.3) is 11.3 Å². The van der Waals surface area contributed by atoms with Gasteiger partial charge in [0.05, 0.1) is 23.6 Å². The molecule has 3 rings (SSSR count). The van der Waals surface area contributed by atoms with E-state index in [2.05, 4.69) is 11.1 Å². The fourth-order valence-electron chi connectivity index (χ4n) is 2.58. The van der Waals surface area contributed by atoms with Crippen LogP contribution in [0.5, 0.6) is 5.75 Å². The molecular formula is C16H14N2OS. The van der Waals surface area contributed by atoms with E-state index in [1.54, 1.807) is 11.8 Å². The minimum absolute atomic E-state index is 0.618. The molecule has 20 heavy (non-hydrogen) atoms. The minimum Gasteiger partial charge on any atom is -0.493 e. The molecule has 1 aromatic carbocycles. The number of hydrogen-bond donors (Lipinski definition) is 0. The van der Waals surface area contributed by atoms with Gasteiger partial charge in [-0.25, -0.2) is 0 Å². The molecular weight excluding hydrogens is 268 g/mol. The van der Waals surface area contributed by atoms with Crippen molar-refractivity contribution < 1.29 is 4.74 Å². The van der Waals surface area contributed by atoms with E-state index in [0.29, 0.717) is 12.2 Å². The van der Waals surface area contributed by atoms with Gasteiger partial charge >= 0.3 is 0 Å². The predicted molar refractivity (Wildman–Crippen MR) is 80.1 cm³/mol. The molecule has 0 saturated heterocycles. The second-order valence-corrected chi connectivity index (χ2v) is 5.46. The third-order valence-corrected chi connectivity index (χ3v) is 4.35. The summed E-state index contributed by atoms with van der Waals surface area (Å²) in [6.45, 7) is 2.51. The van der Waals surface area contributed by atoms with Crippen molar-refractivity contribution in [3.05, 3.63) is 41.1 Å². The van der Waals surface area contributed by atoms with Crippen molar-refractivity contribution in [3.8, 4) is 23.1 Å². The van der Waals surface area contributed by atoms with Crippen LogP contribution in [0, 0.1) is 18.3 Å². The second kappa shape index (κ2) is 5.18. The summed E-state index contributed by atoms with van der Waals surface area (Å²) >= 11 is 1.61. The van der Waals surface area contributed by atoms with E-state index in [4.69, 9.17) is 4.74 Å². The Morgan fingerprint density at radius 1 is 1.35 bits per heavy atom. The number of para-hydroxylation sites is 1. The topological polar surface area (TPSA) is 45.9 Å². The third-order valence-electron chi connectivity index (χ3n) is 3.50. The van der Waals surface area contributed by atoms with Gasteiger partial charge in [-0.3, -0.25) is 4.98 Å². The van der Waals surface area contributed by atoms with Crippen molar-refractivity contribution >= 4 is 11.8 Å². The maximum absolute atomic E-state index is 9.36. The lowest BCUT2D eigenvalue weighted by atomic mass is 10.0. The van der Waals surface area contributed by atoms with Crippen LogP contribution in [0.4, 0.5) is 0 Å². The number of nitrogens with zero attached hydrogens (tertiary/aromatic N) is 2. The second-order valence-electron chi connectivity index (χ2n) is 4.64. The van der Waals surface area contributed by atoms with Gasteiger partial charge in [0.2, 0.25) is 0 Å². The normalized spacial score (nSPS) is 12.7. The van der Waals surface area contributed by atoms with Crippen molar-refractivity contribution in [1.29, 1.82) is 5.26 Å². The smallest absolute Gasteiger partial charge is 0.128 e. The first-order valence-corrected chi connectivity index (χ1v) is 7.68. The quantitative estimate of drug-likeness (QED) is 0.750. The minimum atomic E-state index is 0.618. The molecule has 2 heterocycles. The molecule has 3 nitrogen and oxygen atoms in total. The standard InChI is InChI=1S/C16H14N2OS/c1-10-13(9-17)16(20-2)12-7-8-19-14-6-4-3-5-11(14)15(12)18-10/h3-6H,7-8H2,1-2H3. The summed E-state index contributed by atoms with van der Waals surface area (Å²) in [6, 6.07) is 10.2. The van der Waals surface area contributed by atoms with Crippen LogP contribution >= 0.6 is 11.8 Å². The summed E-state index contributed by atoms with van der Waals surface area (Å²) < 4.78 is 5.81. The summed E-state index contributed by atoms with van der Waals surface area (Å²) in [7, 11) is 0. The Morgan fingerprint density at radius 3 is 2.90 bits per heavy atom. The zero-order chi connectivity index (χ0) is 14.1. The SMILES string of the molecule is CSc1c(C#N)c(C)nc2c1CCOc1ccccc1-2. The van der Waals surface area contributed by atoms with Gasteiger partial charge in [-0.15, -0.1) is 11.8 Å². The third kappa shape index (κ3) is 1.95. The Labute approximate surface area is 122 Å². The zero-order valence-corrected chi connectivity index (χ0v) is 12.3. The Hall–Kier alpha value is -1.99. The molecule has 0 N–H and O–H groups in total. The van der Waals surface area contributed by atoms with E-state index in [1.165, 1.54) is 0 Å². The monoisotopic (exact) mass is 282 g/mol. The number of nitriles is 1. The number of hydrogen-bond acceptors (Lipinski definition) is 4. The molecule has 0 unspecified atom stereocenters. The molecule has 0 bridgehead atoms. The molecule has 1 aromatic heterocycles. The number of pyridine rings is 1. The van der Waals surface area contributed by atoms with E-state index in [-0.39, 0.29) is 0 Å². The summed E-state index contributed by atoms with van der Waals surface area (Å²) in [5, 5.41) is 9.36. The zero-order valence-electron chi connectivity index (χ0n) is 11.4. The van der Waals surface area contributed by atoms with Gasteiger partial charge in [-0.1, -0.05) is 12.1 Å². The predicted octanol–water partition coefficient (Wildman–Crippen LogP) is 3.59. The fourth-order valence-corrected chi connectivity index (χ4v) is 3.42. The lowest BCUT2D eigenvalue weighted by Gasteiger charge is -2.14. The van der Waals surface area contributed by atoms with Crippen molar-refractivity contribution in [3.63, 3.8) is 0 Å². The van der Waals surface area contributed by atoms with E-state index < -0.39 is 0 Å². The van der Waals surface area contributed by atoms with E-state index in [9.17, 15) is 5.26 Å². The lowest BCUT2D eigenvalue weighted by molar-refractivity contribution is 0.326. The van der Waals surface area contributed by atoms with Crippen LogP contribution in [0.2, 0.25) is 0 Å². The van der Waals surface area contributed by atoms with Crippen molar-refractivity contribution in [2.75, 3.05) is 12.9 Å². The number of benzene rings is 1. The Bertz CT molecular complexity index is 719. The summed E-state index contributed by atoms with van der Waals surface area (Å²) in [4.78, 5) is 5.72. The Morgan fingerprint density at radius 2 is 2.15 bits per heavy atom. The number of ether oxygens (including phenoxy) is 1. The summed E-state index contributed by atoms with van der Waals surface area (Å²) in [6.07, 6.45) is 2.79. The van der Waals surface area contributed by atoms with Crippen molar-refractivity contribution in [2.45, 2.75) is 18.2 Å². The van der Waals surface area contributed by atoms with Crippen LogP contribution in [-0.4, -0.2) is 17.8 Å². The summed E-state index contributed by atoms with van der Waals surface area (Å²) in [5.41, 5.74) is 4.58. The number of thioether (sulfide) groups is 1. The van der Waals surface area contributed by atoms with Gasteiger partial charge < -0.3 is 4.74 Å². The lowest BCUT2D eigenvalue weighted by Crippen LogP contribution is -2.04. The van der Waals surface area contributed by atoms with E-state index in [1.807, 2.05) is 37.4 Å². The molecule has 100 valence electrons. The number of aromatic nitrogens is 1. The van der Waals surface area contributed by atoms with Gasteiger partial charge in [0, 0.05) is 16.9 Å². The largest absolute Gasteiger partial charge is 0.493 e. The van der Waals surface area contributed by atoms with Crippen LogP contribution in [0.15, 0.2) is 29.2 Å². The highest BCUT2D eigenvalue weighted by Crippen LogP contribution is 2.39. The van der Waals surface area contributed by atoms with Gasteiger partial charge in [-0.2, -0.15) is 5.26 Å².